The molecule has 0 rings (SSSR count). The molecule has 0 fully saturated rings. The topological polar surface area (TPSA) is 36.9 Å². The fraction of sp³-hybridized carbons (Fsp3) is 0.750. The van der Waals surface area contributed by atoms with E-state index in [2.05, 4.69) is 6.58 Å². The lowest BCUT2D eigenvalue weighted by Crippen LogP contribution is -2.43. The van der Waals surface area contributed by atoms with Crippen LogP contribution in [0, 0.1) is 0 Å². The highest BCUT2D eigenvalue weighted by atomic mass is 16.6. The fourth-order valence-electron chi connectivity index (χ4n) is 1.77. The van der Waals surface area contributed by atoms with E-state index in [-0.39, 0.29) is 24.4 Å². The van der Waals surface area contributed by atoms with Crippen molar-refractivity contribution in [1.82, 2.24) is 0 Å². The van der Waals surface area contributed by atoms with Gasteiger partial charge in [-0.25, -0.2) is 0 Å². The van der Waals surface area contributed by atoms with E-state index in [1.165, 1.54) is 0 Å². The monoisotopic (exact) mass is 310 g/mol. The quantitative estimate of drug-likeness (QED) is 0.429. The zero-order chi connectivity index (χ0) is 17.3. The Morgan fingerprint density at radius 2 is 0.955 bits per heavy atom. The maximum absolute atomic E-state index is 5.92. The van der Waals surface area contributed by atoms with Gasteiger partial charge in [-0.15, -0.1) is 0 Å². The normalized spacial score (nSPS) is 11.5. The van der Waals surface area contributed by atoms with Crippen LogP contribution in [0.5, 0.6) is 0 Å². The molecule has 0 heterocycles. The molecule has 0 aromatic rings. The van der Waals surface area contributed by atoms with Crippen molar-refractivity contribution >= 4 is 14.2 Å². The lowest BCUT2D eigenvalue weighted by atomic mass is 9.56. The van der Waals surface area contributed by atoms with Gasteiger partial charge >= 0.3 is 14.2 Å². The SMILES string of the molecule is C=CC=C(B(OC(C)C)OC(C)C)B(OC(C)C)OC(C)C. The van der Waals surface area contributed by atoms with Gasteiger partial charge in [0, 0.05) is 24.4 Å². The van der Waals surface area contributed by atoms with Crippen molar-refractivity contribution in [2.45, 2.75) is 79.8 Å². The first-order valence-electron chi connectivity index (χ1n) is 8.11. The summed E-state index contributed by atoms with van der Waals surface area (Å²) in [6.07, 6.45) is 3.65. The van der Waals surface area contributed by atoms with Gasteiger partial charge in [0.05, 0.1) is 0 Å². The average Bonchev–Trinajstić information content (AvgIpc) is 2.31. The molecular weight excluding hydrogens is 278 g/mol. The van der Waals surface area contributed by atoms with Crippen molar-refractivity contribution in [3.8, 4) is 0 Å². The van der Waals surface area contributed by atoms with Crippen molar-refractivity contribution in [1.29, 1.82) is 0 Å². The van der Waals surface area contributed by atoms with E-state index >= 15 is 0 Å². The Hall–Kier alpha value is -0.550. The van der Waals surface area contributed by atoms with Gasteiger partial charge in [-0.2, -0.15) is 0 Å². The van der Waals surface area contributed by atoms with Crippen molar-refractivity contribution < 1.29 is 18.6 Å². The molecule has 0 spiro atoms. The second kappa shape index (κ2) is 11.1. The van der Waals surface area contributed by atoms with E-state index in [4.69, 9.17) is 18.6 Å². The Morgan fingerprint density at radius 1 is 0.682 bits per heavy atom. The smallest absolute Gasteiger partial charge is 0.406 e. The standard InChI is InChI=1S/C16H32B2O4/c1-10-11-16(17(19-12(2)3)20-13(4)5)18(21-14(6)7)22-15(8)9/h10-15H,1H2,2-9H3. The van der Waals surface area contributed by atoms with Gasteiger partial charge in [-0.1, -0.05) is 18.7 Å². The van der Waals surface area contributed by atoms with Crippen LogP contribution in [0.2, 0.25) is 0 Å². The maximum atomic E-state index is 5.92. The van der Waals surface area contributed by atoms with E-state index in [1.807, 2.05) is 61.5 Å². The van der Waals surface area contributed by atoms with Crippen LogP contribution in [0.3, 0.4) is 0 Å². The molecule has 0 aliphatic rings. The summed E-state index contributed by atoms with van der Waals surface area (Å²) in [4.78, 5) is 0. The predicted octanol–water partition coefficient (Wildman–Crippen LogP) is 3.85. The molecule has 0 radical (unpaired) electrons. The van der Waals surface area contributed by atoms with Crippen LogP contribution in [-0.2, 0) is 18.6 Å². The third-order valence-corrected chi connectivity index (χ3v) is 2.44. The minimum atomic E-state index is -0.527. The first-order valence-corrected chi connectivity index (χ1v) is 8.11. The summed E-state index contributed by atoms with van der Waals surface area (Å²) in [5, 5.41) is 0.791. The second-order valence-corrected chi connectivity index (χ2v) is 6.31. The summed E-state index contributed by atoms with van der Waals surface area (Å²) in [6.45, 7) is 19.6. The van der Waals surface area contributed by atoms with Crippen molar-refractivity contribution in [3.05, 3.63) is 24.1 Å². The first kappa shape index (κ1) is 21.4. The van der Waals surface area contributed by atoms with E-state index in [9.17, 15) is 0 Å². The Morgan fingerprint density at radius 3 is 1.14 bits per heavy atom. The highest BCUT2D eigenvalue weighted by molar-refractivity contribution is 6.77. The molecule has 0 aromatic heterocycles. The Bertz CT molecular complexity index is 295. The van der Waals surface area contributed by atoms with E-state index < -0.39 is 14.2 Å². The molecule has 0 saturated carbocycles. The molecular formula is C16H32B2O4. The molecule has 126 valence electrons. The lowest BCUT2D eigenvalue weighted by molar-refractivity contribution is 0.123. The van der Waals surface area contributed by atoms with E-state index in [1.54, 1.807) is 6.08 Å². The summed E-state index contributed by atoms with van der Waals surface area (Å²) in [6, 6.07) is 0. The van der Waals surface area contributed by atoms with Crippen LogP contribution in [-0.4, -0.2) is 38.7 Å². The highest BCUT2D eigenvalue weighted by Crippen LogP contribution is 2.17. The van der Waals surface area contributed by atoms with Crippen molar-refractivity contribution in [2.24, 2.45) is 0 Å². The van der Waals surface area contributed by atoms with Crippen molar-refractivity contribution in [3.63, 3.8) is 0 Å². The number of hydrogen-bond donors (Lipinski definition) is 0. The minimum Gasteiger partial charge on any atom is -0.406 e. The van der Waals surface area contributed by atoms with Gasteiger partial charge in [-0.3, -0.25) is 0 Å². The molecule has 0 atom stereocenters. The maximum Gasteiger partial charge on any atom is 0.486 e. The third-order valence-electron chi connectivity index (χ3n) is 2.44. The van der Waals surface area contributed by atoms with Gasteiger partial charge < -0.3 is 18.6 Å². The molecule has 0 saturated heterocycles. The summed E-state index contributed by atoms with van der Waals surface area (Å²) >= 11 is 0. The summed E-state index contributed by atoms with van der Waals surface area (Å²) in [7, 11) is -1.05. The van der Waals surface area contributed by atoms with Crippen molar-refractivity contribution in [2.75, 3.05) is 0 Å². The van der Waals surface area contributed by atoms with Crippen LogP contribution in [0.25, 0.3) is 0 Å². The van der Waals surface area contributed by atoms with E-state index in [0.29, 0.717) is 0 Å². The highest BCUT2D eigenvalue weighted by Gasteiger charge is 2.38. The summed E-state index contributed by atoms with van der Waals surface area (Å²) in [5.41, 5.74) is 0. The minimum absolute atomic E-state index is 0.0238. The molecule has 0 aliphatic carbocycles. The molecule has 0 unspecified atom stereocenters. The van der Waals surface area contributed by atoms with Gasteiger partial charge in [0.25, 0.3) is 0 Å². The Kier molecular flexibility index (Phi) is 10.8. The molecule has 4 nitrogen and oxygen atoms in total. The van der Waals surface area contributed by atoms with Crippen LogP contribution in [0.1, 0.15) is 55.4 Å². The van der Waals surface area contributed by atoms with E-state index in [0.717, 1.165) is 5.37 Å². The molecule has 0 N–H and O–H groups in total. The third kappa shape index (κ3) is 9.46. The van der Waals surface area contributed by atoms with Gasteiger partial charge in [0.2, 0.25) is 0 Å². The molecule has 0 bridgehead atoms. The molecule has 22 heavy (non-hydrogen) atoms. The molecule has 0 amide bonds. The van der Waals surface area contributed by atoms with Gasteiger partial charge in [0.1, 0.15) is 0 Å². The number of hydrogen-bond acceptors (Lipinski definition) is 4. The number of rotatable bonds is 11. The molecule has 6 heteroatoms. The van der Waals surface area contributed by atoms with Crippen LogP contribution in [0.15, 0.2) is 24.1 Å². The first-order chi connectivity index (χ1) is 10.2. The summed E-state index contributed by atoms with van der Waals surface area (Å²) in [5.74, 6) is 0. The van der Waals surface area contributed by atoms with Gasteiger partial charge in [-0.05, 0) is 60.8 Å². The molecule has 0 aromatic carbocycles. The fourth-order valence-corrected chi connectivity index (χ4v) is 1.77. The molecule has 0 aliphatic heterocycles. The Labute approximate surface area is 137 Å². The largest absolute Gasteiger partial charge is 0.486 e. The van der Waals surface area contributed by atoms with Gasteiger partial charge in [0.15, 0.2) is 0 Å². The second-order valence-electron chi connectivity index (χ2n) is 6.31. The van der Waals surface area contributed by atoms with Crippen LogP contribution >= 0.6 is 0 Å². The zero-order valence-electron chi connectivity index (χ0n) is 15.5. The number of allylic oxidation sites excluding steroid dienone is 2. The van der Waals surface area contributed by atoms with Crippen LogP contribution < -0.4 is 0 Å². The Balaban J connectivity index is 5.44. The lowest BCUT2D eigenvalue weighted by Gasteiger charge is -2.27. The summed E-state index contributed by atoms with van der Waals surface area (Å²) < 4.78 is 23.7. The zero-order valence-corrected chi connectivity index (χ0v) is 15.5. The average molecular weight is 310 g/mol. The predicted molar refractivity (Wildman–Crippen MR) is 94.7 cm³/mol. The van der Waals surface area contributed by atoms with Crippen LogP contribution in [0.4, 0.5) is 0 Å².